The first kappa shape index (κ1) is 20.2. The zero-order chi connectivity index (χ0) is 21.2. The average molecular weight is 419 g/mol. The average Bonchev–Trinajstić information content (AvgIpc) is 3.45. The summed E-state index contributed by atoms with van der Waals surface area (Å²) in [7, 11) is 1.69. The lowest BCUT2D eigenvalue weighted by Crippen LogP contribution is -2.51. The van der Waals surface area contributed by atoms with Crippen LogP contribution in [0.25, 0.3) is 0 Å². The van der Waals surface area contributed by atoms with Gasteiger partial charge in [0.25, 0.3) is 0 Å². The van der Waals surface area contributed by atoms with E-state index in [-0.39, 0.29) is 6.04 Å². The van der Waals surface area contributed by atoms with Gasteiger partial charge in [-0.05, 0) is 60.0 Å². The van der Waals surface area contributed by atoms with E-state index in [0.717, 1.165) is 36.8 Å². The van der Waals surface area contributed by atoms with E-state index in [0.29, 0.717) is 12.6 Å². The maximum absolute atomic E-state index is 5.29. The highest BCUT2D eigenvalue weighted by atomic mass is 16.5. The lowest BCUT2D eigenvalue weighted by Gasteiger charge is -2.41. The molecule has 162 valence electrons. The SMILES string of the molecule is COc1ccc(Cn2nnnc2C(c2ccc(C)cc2)N2CCN3CCCC3C2)cc1. The summed E-state index contributed by atoms with van der Waals surface area (Å²) in [5.74, 6) is 1.76. The highest BCUT2D eigenvalue weighted by Gasteiger charge is 2.36. The molecular weight excluding hydrogens is 388 g/mol. The van der Waals surface area contributed by atoms with Crippen LogP contribution in [0, 0.1) is 6.92 Å². The quantitative estimate of drug-likeness (QED) is 0.614. The van der Waals surface area contributed by atoms with Crippen molar-refractivity contribution in [2.75, 3.05) is 33.3 Å². The summed E-state index contributed by atoms with van der Waals surface area (Å²) >= 11 is 0. The van der Waals surface area contributed by atoms with Crippen molar-refractivity contribution in [3.8, 4) is 5.75 Å². The molecule has 3 heterocycles. The Bertz CT molecular complexity index is 1000. The van der Waals surface area contributed by atoms with Gasteiger partial charge in [0.05, 0.1) is 19.7 Å². The van der Waals surface area contributed by atoms with E-state index in [2.05, 4.69) is 68.6 Å². The molecule has 5 rings (SSSR count). The number of piperazine rings is 1. The van der Waals surface area contributed by atoms with Gasteiger partial charge < -0.3 is 4.74 Å². The molecule has 0 amide bonds. The normalized spacial score (nSPS) is 20.5. The van der Waals surface area contributed by atoms with Crippen molar-refractivity contribution in [3.05, 3.63) is 71.0 Å². The van der Waals surface area contributed by atoms with Crippen LogP contribution in [-0.2, 0) is 6.54 Å². The van der Waals surface area contributed by atoms with Gasteiger partial charge in [0.1, 0.15) is 5.75 Å². The van der Waals surface area contributed by atoms with Crippen LogP contribution in [0.2, 0.25) is 0 Å². The number of ether oxygens (including phenoxy) is 1. The number of fused-ring (bicyclic) bond motifs is 1. The first-order chi connectivity index (χ1) is 15.2. The van der Waals surface area contributed by atoms with Gasteiger partial charge in [0.2, 0.25) is 0 Å². The summed E-state index contributed by atoms with van der Waals surface area (Å²) in [4.78, 5) is 5.22. The summed E-state index contributed by atoms with van der Waals surface area (Å²) in [6, 6.07) is 17.6. The van der Waals surface area contributed by atoms with Crippen molar-refractivity contribution in [3.63, 3.8) is 0 Å². The Labute approximate surface area is 183 Å². The molecule has 0 spiro atoms. The number of aromatic nitrogens is 4. The van der Waals surface area contributed by atoms with Crippen molar-refractivity contribution in [2.24, 2.45) is 0 Å². The summed E-state index contributed by atoms with van der Waals surface area (Å²) in [5.41, 5.74) is 3.67. The van der Waals surface area contributed by atoms with E-state index >= 15 is 0 Å². The van der Waals surface area contributed by atoms with E-state index in [1.165, 1.54) is 30.5 Å². The fourth-order valence-electron chi connectivity index (χ4n) is 4.95. The Kier molecular flexibility index (Phi) is 5.70. The van der Waals surface area contributed by atoms with Gasteiger partial charge in [-0.3, -0.25) is 9.80 Å². The Morgan fingerprint density at radius 2 is 1.84 bits per heavy atom. The van der Waals surface area contributed by atoms with Crippen molar-refractivity contribution >= 4 is 0 Å². The predicted molar refractivity (Wildman–Crippen MR) is 119 cm³/mol. The highest BCUT2D eigenvalue weighted by molar-refractivity contribution is 5.30. The Morgan fingerprint density at radius 3 is 2.61 bits per heavy atom. The molecule has 2 atom stereocenters. The van der Waals surface area contributed by atoms with E-state index in [1.54, 1.807) is 7.11 Å². The maximum atomic E-state index is 5.29. The molecule has 2 saturated heterocycles. The summed E-state index contributed by atoms with van der Waals surface area (Å²) in [6.45, 7) is 7.22. The van der Waals surface area contributed by atoms with Crippen LogP contribution in [0.3, 0.4) is 0 Å². The third-order valence-electron chi connectivity index (χ3n) is 6.67. The molecule has 2 aliphatic rings. The molecule has 0 radical (unpaired) electrons. The molecule has 0 bridgehead atoms. The van der Waals surface area contributed by atoms with Crippen LogP contribution in [0.4, 0.5) is 0 Å². The van der Waals surface area contributed by atoms with Crippen molar-refractivity contribution in [1.82, 2.24) is 30.0 Å². The molecule has 7 nitrogen and oxygen atoms in total. The summed E-state index contributed by atoms with van der Waals surface area (Å²) in [6.07, 6.45) is 2.59. The largest absolute Gasteiger partial charge is 0.497 e. The standard InChI is InChI=1S/C24H30N6O/c1-18-5-9-20(10-6-18)23(29-15-14-28-13-3-4-21(28)17-29)24-25-26-27-30(24)16-19-7-11-22(31-2)12-8-19/h5-12,21,23H,3-4,13-17H2,1-2H3. The molecule has 2 aromatic carbocycles. The van der Waals surface area contributed by atoms with Crippen molar-refractivity contribution < 1.29 is 4.74 Å². The molecule has 0 aliphatic carbocycles. The molecule has 0 N–H and O–H groups in total. The van der Waals surface area contributed by atoms with Gasteiger partial charge in [0, 0.05) is 25.7 Å². The fourth-order valence-corrected chi connectivity index (χ4v) is 4.95. The molecule has 7 heteroatoms. The molecule has 2 unspecified atom stereocenters. The number of tetrazole rings is 1. The van der Waals surface area contributed by atoms with Crippen molar-refractivity contribution in [2.45, 2.75) is 38.4 Å². The van der Waals surface area contributed by atoms with Crippen LogP contribution >= 0.6 is 0 Å². The molecular formula is C24H30N6O. The van der Waals surface area contributed by atoms with Gasteiger partial charge in [-0.15, -0.1) is 5.10 Å². The van der Waals surface area contributed by atoms with Gasteiger partial charge in [-0.1, -0.05) is 42.0 Å². The second-order valence-electron chi connectivity index (χ2n) is 8.68. The van der Waals surface area contributed by atoms with Crippen LogP contribution < -0.4 is 4.74 Å². The van der Waals surface area contributed by atoms with Crippen LogP contribution in [-0.4, -0.2) is 69.3 Å². The van der Waals surface area contributed by atoms with Gasteiger partial charge >= 0.3 is 0 Å². The first-order valence-electron chi connectivity index (χ1n) is 11.1. The smallest absolute Gasteiger partial charge is 0.173 e. The number of hydrogen-bond acceptors (Lipinski definition) is 6. The molecule has 0 saturated carbocycles. The lowest BCUT2D eigenvalue weighted by molar-refractivity contribution is 0.0794. The Hall–Kier alpha value is -2.77. The topological polar surface area (TPSA) is 59.3 Å². The maximum Gasteiger partial charge on any atom is 0.173 e. The molecule has 1 aromatic heterocycles. The predicted octanol–water partition coefficient (Wildman–Crippen LogP) is 2.91. The summed E-state index contributed by atoms with van der Waals surface area (Å²) in [5, 5.41) is 13.0. The minimum Gasteiger partial charge on any atom is -0.497 e. The van der Waals surface area contributed by atoms with Crippen LogP contribution in [0.1, 0.15) is 41.4 Å². The minimum absolute atomic E-state index is 0.0524. The summed E-state index contributed by atoms with van der Waals surface area (Å²) < 4.78 is 7.24. The number of methoxy groups -OCH3 is 1. The monoisotopic (exact) mass is 418 g/mol. The second-order valence-corrected chi connectivity index (χ2v) is 8.68. The first-order valence-corrected chi connectivity index (χ1v) is 11.1. The van der Waals surface area contributed by atoms with Crippen molar-refractivity contribution in [1.29, 1.82) is 0 Å². The van der Waals surface area contributed by atoms with E-state index < -0.39 is 0 Å². The number of benzene rings is 2. The molecule has 31 heavy (non-hydrogen) atoms. The van der Waals surface area contributed by atoms with Crippen LogP contribution in [0.5, 0.6) is 5.75 Å². The number of rotatable bonds is 6. The second kappa shape index (κ2) is 8.77. The Balaban J connectivity index is 1.46. The van der Waals surface area contributed by atoms with Crippen LogP contribution in [0.15, 0.2) is 48.5 Å². The molecule has 2 aliphatic heterocycles. The Morgan fingerprint density at radius 1 is 1.03 bits per heavy atom. The minimum atomic E-state index is 0.0524. The number of nitrogens with zero attached hydrogens (tertiary/aromatic N) is 6. The van der Waals surface area contributed by atoms with Gasteiger partial charge in [0.15, 0.2) is 5.82 Å². The third kappa shape index (κ3) is 4.20. The zero-order valence-corrected chi connectivity index (χ0v) is 18.3. The fraction of sp³-hybridized carbons (Fsp3) is 0.458. The number of hydrogen-bond donors (Lipinski definition) is 0. The molecule has 3 aromatic rings. The highest BCUT2D eigenvalue weighted by Crippen LogP contribution is 2.32. The van der Waals surface area contributed by atoms with Gasteiger partial charge in [-0.2, -0.15) is 0 Å². The van der Waals surface area contributed by atoms with E-state index in [9.17, 15) is 0 Å². The van der Waals surface area contributed by atoms with E-state index in [4.69, 9.17) is 4.74 Å². The van der Waals surface area contributed by atoms with Gasteiger partial charge in [-0.25, -0.2) is 4.68 Å². The molecule has 2 fully saturated rings. The number of aryl methyl sites for hydroxylation is 1. The zero-order valence-electron chi connectivity index (χ0n) is 18.3. The third-order valence-corrected chi connectivity index (χ3v) is 6.67. The van der Waals surface area contributed by atoms with E-state index in [1.807, 2.05) is 16.8 Å². The lowest BCUT2D eigenvalue weighted by atomic mass is 10.0.